The Morgan fingerprint density at radius 1 is 1.50 bits per heavy atom. The van der Waals surface area contributed by atoms with Gasteiger partial charge in [0.1, 0.15) is 5.82 Å². The topological polar surface area (TPSA) is 29.5 Å². The van der Waals surface area contributed by atoms with E-state index >= 15 is 0 Å². The number of methoxy groups -OCH3 is 1. The predicted molar refractivity (Wildman–Crippen MR) is 72.6 cm³/mol. The second-order valence-corrected chi connectivity index (χ2v) is 4.89. The normalized spacial score (nSPS) is 10.4. The molecule has 0 atom stereocenters. The number of amides is 1. The molecule has 0 unspecified atom stereocenters. The minimum Gasteiger partial charge on any atom is -0.383 e. The van der Waals surface area contributed by atoms with Crippen molar-refractivity contribution in [2.75, 3.05) is 32.7 Å². The van der Waals surface area contributed by atoms with Crippen LogP contribution in [0, 0.1) is 5.82 Å². The first kappa shape index (κ1) is 15.4. The number of benzene rings is 1. The van der Waals surface area contributed by atoms with E-state index in [-0.39, 0.29) is 11.5 Å². The summed E-state index contributed by atoms with van der Waals surface area (Å²) in [5.41, 5.74) is 0.0330. The summed E-state index contributed by atoms with van der Waals surface area (Å²) in [4.78, 5) is 13.6. The monoisotopic (exact) mass is 337 g/mol. The Morgan fingerprint density at radius 2 is 2.22 bits per heavy atom. The van der Waals surface area contributed by atoms with Crippen LogP contribution in [0.4, 0.5) is 4.39 Å². The second-order valence-electron chi connectivity index (χ2n) is 3.60. The first-order valence-corrected chi connectivity index (χ1v) is 6.72. The van der Waals surface area contributed by atoms with Crippen molar-refractivity contribution in [3.05, 3.63) is 34.1 Å². The lowest BCUT2D eigenvalue weighted by Gasteiger charge is -2.21. The van der Waals surface area contributed by atoms with Crippen LogP contribution in [-0.4, -0.2) is 43.5 Å². The number of alkyl halides is 1. The summed E-state index contributed by atoms with van der Waals surface area (Å²) < 4.78 is 19.2. The maximum absolute atomic E-state index is 13.6. The molecule has 1 aromatic rings. The van der Waals surface area contributed by atoms with Gasteiger partial charge in [-0.2, -0.15) is 0 Å². The number of carbonyl (C=O) groups excluding carboxylic acids is 1. The zero-order valence-corrected chi connectivity index (χ0v) is 12.3. The highest BCUT2D eigenvalue weighted by Gasteiger charge is 2.18. The standard InChI is InChI=1S/C12H14BrClFNO2/c1-18-7-6-16(5-4-14)12(17)10-8-9(13)2-3-11(10)15/h2-3,8H,4-7H2,1H3. The van der Waals surface area contributed by atoms with Crippen LogP contribution in [0.1, 0.15) is 10.4 Å². The van der Waals surface area contributed by atoms with E-state index in [1.54, 1.807) is 13.2 Å². The van der Waals surface area contributed by atoms with Crippen molar-refractivity contribution in [3.8, 4) is 0 Å². The Morgan fingerprint density at radius 3 is 2.83 bits per heavy atom. The largest absolute Gasteiger partial charge is 0.383 e. The van der Waals surface area contributed by atoms with Gasteiger partial charge in [-0.25, -0.2) is 4.39 Å². The third-order valence-corrected chi connectivity index (χ3v) is 3.03. The van der Waals surface area contributed by atoms with E-state index in [4.69, 9.17) is 16.3 Å². The van der Waals surface area contributed by atoms with E-state index in [9.17, 15) is 9.18 Å². The lowest BCUT2D eigenvalue weighted by Crippen LogP contribution is -2.36. The van der Waals surface area contributed by atoms with Crippen molar-refractivity contribution in [1.29, 1.82) is 0 Å². The quantitative estimate of drug-likeness (QED) is 0.747. The summed E-state index contributed by atoms with van der Waals surface area (Å²) in [6.07, 6.45) is 0. The van der Waals surface area contributed by atoms with Gasteiger partial charge >= 0.3 is 0 Å². The first-order valence-electron chi connectivity index (χ1n) is 5.39. The number of halogens is 3. The molecule has 0 aliphatic rings. The highest BCUT2D eigenvalue weighted by molar-refractivity contribution is 9.10. The average Bonchev–Trinajstić information content (AvgIpc) is 2.36. The van der Waals surface area contributed by atoms with Crippen molar-refractivity contribution in [2.45, 2.75) is 0 Å². The number of hydrogen-bond acceptors (Lipinski definition) is 2. The molecule has 1 rings (SSSR count). The summed E-state index contributed by atoms with van der Waals surface area (Å²) in [6, 6.07) is 4.27. The predicted octanol–water partition coefficient (Wildman–Crippen LogP) is 2.92. The first-order chi connectivity index (χ1) is 8.60. The average molecular weight is 339 g/mol. The van der Waals surface area contributed by atoms with Crippen LogP contribution in [0.15, 0.2) is 22.7 Å². The molecule has 0 spiro atoms. The fourth-order valence-corrected chi connectivity index (χ4v) is 2.02. The van der Waals surface area contributed by atoms with Crippen LogP contribution in [0.2, 0.25) is 0 Å². The molecule has 0 aliphatic carbocycles. The Bertz CT molecular complexity index is 417. The van der Waals surface area contributed by atoms with Crippen molar-refractivity contribution >= 4 is 33.4 Å². The van der Waals surface area contributed by atoms with Gasteiger partial charge in [0.15, 0.2) is 0 Å². The Hall–Kier alpha value is -0.650. The van der Waals surface area contributed by atoms with Crippen molar-refractivity contribution in [3.63, 3.8) is 0 Å². The smallest absolute Gasteiger partial charge is 0.256 e. The van der Waals surface area contributed by atoms with Gasteiger partial charge in [-0.05, 0) is 18.2 Å². The summed E-state index contributed by atoms with van der Waals surface area (Å²) in [5.74, 6) is -0.628. The molecule has 100 valence electrons. The lowest BCUT2D eigenvalue weighted by atomic mass is 10.2. The molecule has 18 heavy (non-hydrogen) atoms. The summed E-state index contributed by atoms with van der Waals surface area (Å²) in [7, 11) is 1.54. The number of carbonyl (C=O) groups is 1. The fraction of sp³-hybridized carbons (Fsp3) is 0.417. The molecular formula is C12H14BrClFNO2. The number of rotatable bonds is 6. The van der Waals surface area contributed by atoms with Crippen LogP contribution in [0.25, 0.3) is 0 Å². The van der Waals surface area contributed by atoms with E-state index in [0.717, 1.165) is 0 Å². The van der Waals surface area contributed by atoms with E-state index in [0.29, 0.717) is 30.0 Å². The van der Waals surface area contributed by atoms with Gasteiger partial charge in [-0.3, -0.25) is 4.79 Å². The molecule has 0 N–H and O–H groups in total. The van der Waals surface area contributed by atoms with Crippen LogP contribution in [0.5, 0.6) is 0 Å². The molecule has 0 fully saturated rings. The summed E-state index contributed by atoms with van der Waals surface area (Å²) >= 11 is 8.86. The zero-order valence-electron chi connectivity index (χ0n) is 9.96. The number of nitrogens with zero attached hydrogens (tertiary/aromatic N) is 1. The second kappa shape index (κ2) is 7.71. The third kappa shape index (κ3) is 4.23. The minimum absolute atomic E-state index is 0.0330. The molecule has 0 heterocycles. The molecule has 3 nitrogen and oxygen atoms in total. The van der Waals surface area contributed by atoms with Crippen molar-refractivity contribution < 1.29 is 13.9 Å². The Kier molecular flexibility index (Phi) is 6.60. The molecule has 1 amide bonds. The van der Waals surface area contributed by atoms with Gasteiger partial charge in [0, 0.05) is 30.6 Å². The molecule has 0 aliphatic heterocycles. The molecule has 0 radical (unpaired) electrons. The highest BCUT2D eigenvalue weighted by atomic mass is 79.9. The molecule has 0 saturated heterocycles. The van der Waals surface area contributed by atoms with E-state index < -0.39 is 5.82 Å². The van der Waals surface area contributed by atoms with Gasteiger partial charge in [-0.1, -0.05) is 15.9 Å². The van der Waals surface area contributed by atoms with Gasteiger partial charge in [0.05, 0.1) is 12.2 Å². The van der Waals surface area contributed by atoms with E-state index in [1.807, 2.05) is 0 Å². The maximum Gasteiger partial charge on any atom is 0.256 e. The summed E-state index contributed by atoms with van der Waals surface area (Å²) in [6.45, 7) is 1.13. The van der Waals surface area contributed by atoms with Crippen LogP contribution in [0.3, 0.4) is 0 Å². The van der Waals surface area contributed by atoms with E-state index in [1.165, 1.54) is 17.0 Å². The number of hydrogen-bond donors (Lipinski definition) is 0. The minimum atomic E-state index is -0.541. The van der Waals surface area contributed by atoms with Crippen LogP contribution < -0.4 is 0 Å². The molecule has 6 heteroatoms. The molecule has 0 aromatic heterocycles. The van der Waals surface area contributed by atoms with Crippen molar-refractivity contribution in [2.24, 2.45) is 0 Å². The van der Waals surface area contributed by atoms with E-state index in [2.05, 4.69) is 15.9 Å². The number of ether oxygens (including phenoxy) is 1. The molecule has 1 aromatic carbocycles. The highest BCUT2D eigenvalue weighted by Crippen LogP contribution is 2.17. The zero-order chi connectivity index (χ0) is 13.5. The van der Waals surface area contributed by atoms with Crippen LogP contribution >= 0.6 is 27.5 Å². The maximum atomic E-state index is 13.6. The molecule has 0 saturated carbocycles. The summed E-state index contributed by atoms with van der Waals surface area (Å²) in [5, 5.41) is 0. The van der Waals surface area contributed by atoms with Gasteiger partial charge in [0.2, 0.25) is 0 Å². The van der Waals surface area contributed by atoms with Gasteiger partial charge < -0.3 is 9.64 Å². The van der Waals surface area contributed by atoms with Crippen molar-refractivity contribution in [1.82, 2.24) is 4.90 Å². The Balaban J connectivity index is 2.90. The lowest BCUT2D eigenvalue weighted by molar-refractivity contribution is 0.0703. The fourth-order valence-electron chi connectivity index (χ4n) is 1.45. The molecule has 0 bridgehead atoms. The Labute approximate surface area is 119 Å². The van der Waals surface area contributed by atoms with Gasteiger partial charge in [0.25, 0.3) is 5.91 Å². The molecular weight excluding hydrogens is 324 g/mol. The SMILES string of the molecule is COCCN(CCCl)C(=O)c1cc(Br)ccc1F. The van der Waals surface area contributed by atoms with Gasteiger partial charge in [-0.15, -0.1) is 11.6 Å². The third-order valence-electron chi connectivity index (χ3n) is 2.37. The van der Waals surface area contributed by atoms with Crippen LogP contribution in [-0.2, 0) is 4.74 Å².